The molecule has 2 heterocycles. The van der Waals surface area contributed by atoms with E-state index in [0.717, 1.165) is 29.7 Å². The smallest absolute Gasteiger partial charge is 0.317 e. The molecule has 2 aliphatic rings. The lowest BCUT2D eigenvalue weighted by Crippen LogP contribution is -2.55. The Bertz CT molecular complexity index is 825. The largest absolute Gasteiger partial charge is 0.342 e. The zero-order valence-electron chi connectivity index (χ0n) is 19.8. The van der Waals surface area contributed by atoms with E-state index in [9.17, 15) is 14.4 Å². The molecule has 8 nitrogen and oxygen atoms in total. The van der Waals surface area contributed by atoms with Gasteiger partial charge in [0, 0.05) is 56.9 Å². The molecule has 2 aliphatic heterocycles. The predicted octanol–water partition coefficient (Wildman–Crippen LogP) is 2.22. The molecule has 0 spiro atoms. The van der Waals surface area contributed by atoms with Crippen molar-refractivity contribution in [2.24, 2.45) is 5.92 Å². The van der Waals surface area contributed by atoms with E-state index in [1.807, 2.05) is 55.7 Å². The van der Waals surface area contributed by atoms with Crippen LogP contribution in [0.15, 0.2) is 18.2 Å². The van der Waals surface area contributed by atoms with E-state index >= 15 is 0 Å². The fraction of sp³-hybridized carbons (Fsp3) is 0.625. The molecule has 32 heavy (non-hydrogen) atoms. The van der Waals surface area contributed by atoms with Crippen LogP contribution in [0.1, 0.15) is 37.8 Å². The van der Waals surface area contributed by atoms with Crippen LogP contribution in [-0.4, -0.2) is 84.4 Å². The van der Waals surface area contributed by atoms with Crippen LogP contribution in [0.2, 0.25) is 0 Å². The molecule has 2 N–H and O–H groups in total. The van der Waals surface area contributed by atoms with Crippen LogP contribution in [0.4, 0.5) is 10.5 Å². The van der Waals surface area contributed by atoms with Gasteiger partial charge < -0.3 is 20.4 Å². The molecule has 1 aromatic carbocycles. The maximum absolute atomic E-state index is 12.7. The Morgan fingerprint density at radius 1 is 0.969 bits per heavy atom. The lowest BCUT2D eigenvalue weighted by molar-refractivity contribution is -0.135. The molecular weight excluding hydrogens is 406 g/mol. The fourth-order valence-corrected chi connectivity index (χ4v) is 4.26. The molecule has 8 heteroatoms. The van der Waals surface area contributed by atoms with Gasteiger partial charge in [0.1, 0.15) is 0 Å². The third-order valence-corrected chi connectivity index (χ3v) is 6.53. The quantitative estimate of drug-likeness (QED) is 0.731. The molecule has 0 aliphatic carbocycles. The van der Waals surface area contributed by atoms with E-state index < -0.39 is 0 Å². The van der Waals surface area contributed by atoms with Gasteiger partial charge in [-0.3, -0.25) is 14.5 Å². The van der Waals surface area contributed by atoms with Crippen LogP contribution in [0.25, 0.3) is 0 Å². The van der Waals surface area contributed by atoms with Crippen molar-refractivity contribution in [3.63, 3.8) is 0 Å². The van der Waals surface area contributed by atoms with Gasteiger partial charge in [-0.05, 0) is 43.9 Å². The number of aryl methyl sites for hydroxylation is 1. The average molecular weight is 444 g/mol. The summed E-state index contributed by atoms with van der Waals surface area (Å²) in [7, 11) is 0. The number of hydrogen-bond acceptors (Lipinski definition) is 4. The van der Waals surface area contributed by atoms with Crippen LogP contribution in [0.3, 0.4) is 0 Å². The van der Waals surface area contributed by atoms with Crippen LogP contribution in [0.5, 0.6) is 0 Å². The van der Waals surface area contributed by atoms with Crippen LogP contribution in [-0.2, 0) is 9.59 Å². The van der Waals surface area contributed by atoms with Crippen molar-refractivity contribution in [2.45, 2.75) is 46.6 Å². The summed E-state index contributed by atoms with van der Waals surface area (Å²) in [6.45, 7) is 12.2. The van der Waals surface area contributed by atoms with E-state index in [-0.39, 0.29) is 29.8 Å². The van der Waals surface area contributed by atoms with E-state index in [0.29, 0.717) is 45.8 Å². The first kappa shape index (κ1) is 24.0. The molecule has 176 valence electrons. The number of rotatable bonds is 5. The summed E-state index contributed by atoms with van der Waals surface area (Å²) >= 11 is 0. The SMILES string of the molecule is Cc1cccc(NC(=O)CN2CCN(C(=O)NC3CCN(C(=O)C(C)C)CC3)CC2)c1C. The normalized spacial score (nSPS) is 18.0. The van der Waals surface area contributed by atoms with Crippen molar-refractivity contribution in [3.05, 3.63) is 29.3 Å². The third-order valence-electron chi connectivity index (χ3n) is 6.53. The second-order valence-electron chi connectivity index (χ2n) is 9.26. The molecule has 1 aromatic rings. The highest BCUT2D eigenvalue weighted by Crippen LogP contribution is 2.18. The van der Waals surface area contributed by atoms with Gasteiger partial charge in [-0.15, -0.1) is 0 Å². The number of urea groups is 1. The van der Waals surface area contributed by atoms with Gasteiger partial charge in [0.2, 0.25) is 11.8 Å². The molecule has 3 rings (SSSR count). The number of piperidine rings is 1. The second kappa shape index (κ2) is 10.8. The Balaban J connectivity index is 1.38. The van der Waals surface area contributed by atoms with Gasteiger partial charge in [0.15, 0.2) is 0 Å². The highest BCUT2D eigenvalue weighted by atomic mass is 16.2. The number of nitrogens with zero attached hydrogens (tertiary/aromatic N) is 3. The highest BCUT2D eigenvalue weighted by Gasteiger charge is 2.28. The number of amides is 4. The van der Waals surface area contributed by atoms with E-state index in [1.165, 1.54) is 0 Å². The summed E-state index contributed by atoms with van der Waals surface area (Å²) in [5.74, 6) is 0.173. The summed E-state index contributed by atoms with van der Waals surface area (Å²) in [5.41, 5.74) is 3.09. The van der Waals surface area contributed by atoms with E-state index in [1.54, 1.807) is 0 Å². The molecule has 0 saturated carbocycles. The number of hydrogen-bond donors (Lipinski definition) is 2. The lowest BCUT2D eigenvalue weighted by Gasteiger charge is -2.37. The summed E-state index contributed by atoms with van der Waals surface area (Å²) in [6.07, 6.45) is 1.59. The summed E-state index contributed by atoms with van der Waals surface area (Å²) in [5, 5.41) is 6.13. The molecule has 0 atom stereocenters. The minimum atomic E-state index is -0.0434. The number of carbonyl (C=O) groups is 3. The lowest BCUT2D eigenvalue weighted by atomic mass is 10.0. The molecule has 0 unspecified atom stereocenters. The third kappa shape index (κ3) is 6.22. The summed E-state index contributed by atoms with van der Waals surface area (Å²) in [6, 6.07) is 5.97. The van der Waals surface area contributed by atoms with Crippen molar-refractivity contribution >= 4 is 23.5 Å². The number of likely N-dealkylation sites (tertiary alicyclic amines) is 1. The standard InChI is InChI=1S/C24H37N5O3/c1-17(2)23(31)28-10-8-20(9-11-28)25-24(32)29-14-12-27(13-15-29)16-22(30)26-21-7-5-6-18(3)19(21)4/h5-7,17,20H,8-16H2,1-4H3,(H,25,32)(H,26,30). The molecule has 0 bridgehead atoms. The Labute approximate surface area is 191 Å². The number of anilines is 1. The van der Waals surface area contributed by atoms with Crippen molar-refractivity contribution in [1.29, 1.82) is 0 Å². The second-order valence-corrected chi connectivity index (χ2v) is 9.26. The van der Waals surface area contributed by atoms with Crippen molar-refractivity contribution in [3.8, 4) is 0 Å². The molecule has 2 fully saturated rings. The topological polar surface area (TPSA) is 85.0 Å². The summed E-state index contributed by atoms with van der Waals surface area (Å²) in [4.78, 5) is 43.0. The van der Waals surface area contributed by atoms with Crippen LogP contribution in [0, 0.1) is 19.8 Å². The van der Waals surface area contributed by atoms with Crippen molar-refractivity contribution < 1.29 is 14.4 Å². The summed E-state index contributed by atoms with van der Waals surface area (Å²) < 4.78 is 0. The molecular formula is C24H37N5O3. The zero-order valence-corrected chi connectivity index (χ0v) is 19.8. The molecule has 0 aromatic heterocycles. The van der Waals surface area contributed by atoms with Crippen molar-refractivity contribution in [1.82, 2.24) is 20.0 Å². The van der Waals surface area contributed by atoms with Crippen molar-refractivity contribution in [2.75, 3.05) is 51.1 Å². The number of carbonyl (C=O) groups excluding carboxylic acids is 3. The number of piperazine rings is 1. The maximum Gasteiger partial charge on any atom is 0.317 e. The minimum absolute atomic E-state index is 0.0142. The Morgan fingerprint density at radius 2 is 1.62 bits per heavy atom. The van der Waals surface area contributed by atoms with Gasteiger partial charge in [0.25, 0.3) is 0 Å². The minimum Gasteiger partial charge on any atom is -0.342 e. The van der Waals surface area contributed by atoms with E-state index in [2.05, 4.69) is 15.5 Å². The monoisotopic (exact) mass is 443 g/mol. The highest BCUT2D eigenvalue weighted by molar-refractivity contribution is 5.93. The Hall–Kier alpha value is -2.61. The zero-order chi connectivity index (χ0) is 23.3. The van der Waals surface area contributed by atoms with Gasteiger partial charge in [-0.1, -0.05) is 26.0 Å². The number of nitrogens with one attached hydrogen (secondary N) is 2. The first-order chi connectivity index (χ1) is 15.2. The van der Waals surface area contributed by atoms with Crippen LogP contribution >= 0.6 is 0 Å². The van der Waals surface area contributed by atoms with Gasteiger partial charge in [-0.25, -0.2) is 4.79 Å². The number of benzene rings is 1. The van der Waals surface area contributed by atoms with Gasteiger partial charge in [-0.2, -0.15) is 0 Å². The molecule has 2 saturated heterocycles. The Morgan fingerprint density at radius 3 is 2.25 bits per heavy atom. The maximum atomic E-state index is 12.7. The van der Waals surface area contributed by atoms with Gasteiger partial charge >= 0.3 is 6.03 Å². The fourth-order valence-electron chi connectivity index (χ4n) is 4.26. The van der Waals surface area contributed by atoms with E-state index in [4.69, 9.17) is 0 Å². The average Bonchev–Trinajstić information content (AvgIpc) is 2.77. The predicted molar refractivity (Wildman–Crippen MR) is 126 cm³/mol. The molecule has 0 radical (unpaired) electrons. The Kier molecular flexibility index (Phi) is 8.12. The molecule has 4 amide bonds. The first-order valence-corrected chi connectivity index (χ1v) is 11.7. The van der Waals surface area contributed by atoms with Crippen LogP contribution < -0.4 is 10.6 Å². The first-order valence-electron chi connectivity index (χ1n) is 11.7. The van der Waals surface area contributed by atoms with Gasteiger partial charge in [0.05, 0.1) is 6.54 Å².